The number of hydrogen-bond donors (Lipinski definition) is 1. The van der Waals surface area contributed by atoms with Crippen LogP contribution in [0.5, 0.6) is 11.5 Å². The lowest BCUT2D eigenvalue weighted by atomic mass is 10.2. The van der Waals surface area contributed by atoms with Gasteiger partial charge in [0.1, 0.15) is 5.75 Å². The lowest BCUT2D eigenvalue weighted by Gasteiger charge is -2.17. The van der Waals surface area contributed by atoms with Crippen LogP contribution in [0.1, 0.15) is 0 Å². The van der Waals surface area contributed by atoms with Gasteiger partial charge in [0.05, 0.1) is 21.6 Å². The van der Waals surface area contributed by atoms with Crippen molar-refractivity contribution in [3.63, 3.8) is 0 Å². The van der Waals surface area contributed by atoms with E-state index in [1.807, 2.05) is 6.07 Å². The molecule has 0 bridgehead atoms. The van der Waals surface area contributed by atoms with Gasteiger partial charge in [-0.05, 0) is 42.5 Å². The first-order valence-electron chi connectivity index (χ1n) is 9.42. The van der Waals surface area contributed by atoms with Gasteiger partial charge in [0.15, 0.2) is 5.75 Å². The first-order chi connectivity index (χ1) is 15.2. The maximum absolute atomic E-state index is 13.0. The Morgan fingerprint density at radius 2 is 1.41 bits per heavy atom. The molecule has 3 aromatic carbocycles. The highest BCUT2D eigenvalue weighted by atomic mass is 35.5. The molecule has 0 aliphatic carbocycles. The second kappa shape index (κ2) is 8.18. The molecular formula is C22H18ClN3O5S. The Morgan fingerprint density at radius 3 is 2.00 bits per heavy atom. The first kappa shape index (κ1) is 21.7. The Balaban J connectivity index is 1.92. The van der Waals surface area contributed by atoms with Gasteiger partial charge in [0.2, 0.25) is 0 Å². The Kier molecular flexibility index (Phi) is 5.53. The van der Waals surface area contributed by atoms with E-state index in [0.717, 1.165) is 0 Å². The third-order valence-corrected chi connectivity index (χ3v) is 6.56. The molecule has 164 valence electrons. The second-order valence-electron chi connectivity index (χ2n) is 7.04. The number of aromatic nitrogens is 2. The number of sulfonamides is 1. The Bertz CT molecular complexity index is 1540. The van der Waals surface area contributed by atoms with Crippen molar-refractivity contribution >= 4 is 38.3 Å². The number of benzene rings is 3. The smallest absolute Gasteiger partial charge is 0.316 e. The maximum Gasteiger partial charge on any atom is 0.316 e. The van der Waals surface area contributed by atoms with Crippen LogP contribution in [-0.2, 0) is 24.1 Å². The SMILES string of the molecule is Cn1c(=O)c(=O)n(C)c2cc(Oc3ccccc3)c(NS(=O)(=O)c3ccc(Cl)cc3)cc21. The second-order valence-corrected chi connectivity index (χ2v) is 9.16. The van der Waals surface area contributed by atoms with Gasteiger partial charge in [-0.15, -0.1) is 0 Å². The predicted molar refractivity (Wildman–Crippen MR) is 123 cm³/mol. The van der Waals surface area contributed by atoms with Gasteiger partial charge in [0, 0.05) is 25.2 Å². The molecule has 0 saturated heterocycles. The van der Waals surface area contributed by atoms with E-state index in [1.165, 1.54) is 59.6 Å². The van der Waals surface area contributed by atoms with Crippen LogP contribution in [0.2, 0.25) is 5.02 Å². The molecule has 0 unspecified atom stereocenters. The minimum absolute atomic E-state index is 0.00186. The van der Waals surface area contributed by atoms with Gasteiger partial charge in [-0.25, -0.2) is 8.42 Å². The number of hydrogen-bond acceptors (Lipinski definition) is 5. The van der Waals surface area contributed by atoms with Crippen molar-refractivity contribution in [1.82, 2.24) is 9.13 Å². The molecule has 0 amide bonds. The largest absolute Gasteiger partial charge is 0.455 e. The van der Waals surface area contributed by atoms with Crippen LogP contribution in [0.4, 0.5) is 5.69 Å². The van der Waals surface area contributed by atoms with Crippen molar-refractivity contribution < 1.29 is 13.2 Å². The number of nitrogens with one attached hydrogen (secondary N) is 1. The zero-order valence-corrected chi connectivity index (χ0v) is 18.6. The van der Waals surface area contributed by atoms with Crippen LogP contribution in [-0.4, -0.2) is 17.6 Å². The fraction of sp³-hybridized carbons (Fsp3) is 0.0909. The summed E-state index contributed by atoms with van der Waals surface area (Å²) >= 11 is 5.87. The van der Waals surface area contributed by atoms with E-state index in [1.54, 1.807) is 24.3 Å². The van der Waals surface area contributed by atoms with Crippen molar-refractivity contribution in [3.8, 4) is 11.5 Å². The molecule has 4 rings (SSSR count). The minimum Gasteiger partial charge on any atom is -0.455 e. The number of halogens is 1. The van der Waals surface area contributed by atoms with E-state index in [0.29, 0.717) is 21.8 Å². The van der Waals surface area contributed by atoms with Gasteiger partial charge in [-0.3, -0.25) is 14.3 Å². The highest BCUT2D eigenvalue weighted by molar-refractivity contribution is 7.92. The van der Waals surface area contributed by atoms with Crippen LogP contribution >= 0.6 is 11.6 Å². The molecule has 1 N–H and O–H groups in total. The molecule has 10 heteroatoms. The van der Waals surface area contributed by atoms with E-state index in [2.05, 4.69) is 4.72 Å². The highest BCUT2D eigenvalue weighted by Crippen LogP contribution is 2.34. The molecule has 4 aromatic rings. The molecule has 0 spiro atoms. The molecule has 8 nitrogen and oxygen atoms in total. The summed E-state index contributed by atoms with van der Waals surface area (Å²) in [5, 5.41) is 0.402. The average Bonchev–Trinajstić information content (AvgIpc) is 2.78. The van der Waals surface area contributed by atoms with Crippen molar-refractivity contribution in [2.75, 3.05) is 4.72 Å². The minimum atomic E-state index is -4.00. The topological polar surface area (TPSA) is 99.4 Å². The molecule has 0 saturated carbocycles. The summed E-state index contributed by atoms with van der Waals surface area (Å²) in [6.45, 7) is 0. The predicted octanol–water partition coefficient (Wildman–Crippen LogP) is 3.48. The van der Waals surface area contributed by atoms with Crippen LogP contribution in [0.15, 0.2) is 81.2 Å². The van der Waals surface area contributed by atoms with Gasteiger partial charge < -0.3 is 13.9 Å². The van der Waals surface area contributed by atoms with Gasteiger partial charge in [-0.2, -0.15) is 0 Å². The third kappa shape index (κ3) is 4.00. The van der Waals surface area contributed by atoms with Crippen LogP contribution in [0.3, 0.4) is 0 Å². The number of rotatable bonds is 5. The molecule has 0 aliphatic heterocycles. The Labute approximate surface area is 188 Å². The van der Waals surface area contributed by atoms with Gasteiger partial charge in [0.25, 0.3) is 10.0 Å². The molecule has 1 aromatic heterocycles. The molecule has 32 heavy (non-hydrogen) atoms. The number of aryl methyl sites for hydroxylation is 2. The third-order valence-electron chi connectivity index (χ3n) is 4.93. The quantitative estimate of drug-likeness (QED) is 0.449. The summed E-state index contributed by atoms with van der Waals surface area (Å²) in [4.78, 5) is 24.5. The summed E-state index contributed by atoms with van der Waals surface area (Å²) in [6, 6.07) is 17.5. The number of ether oxygens (including phenoxy) is 1. The van der Waals surface area contributed by atoms with E-state index in [9.17, 15) is 18.0 Å². The van der Waals surface area contributed by atoms with Crippen LogP contribution in [0, 0.1) is 0 Å². The highest BCUT2D eigenvalue weighted by Gasteiger charge is 2.20. The summed E-state index contributed by atoms with van der Waals surface area (Å²) < 4.78 is 36.8. The molecule has 0 aliphatic rings. The lowest BCUT2D eigenvalue weighted by Crippen LogP contribution is -2.39. The summed E-state index contributed by atoms with van der Waals surface area (Å²) in [7, 11) is -1.09. The summed E-state index contributed by atoms with van der Waals surface area (Å²) in [5.74, 6) is 0.628. The lowest BCUT2D eigenvalue weighted by molar-refractivity contribution is 0.485. The van der Waals surface area contributed by atoms with Crippen LogP contribution in [0.25, 0.3) is 11.0 Å². The Morgan fingerprint density at radius 1 is 0.844 bits per heavy atom. The monoisotopic (exact) mass is 471 g/mol. The first-order valence-corrected chi connectivity index (χ1v) is 11.3. The van der Waals surface area contributed by atoms with Gasteiger partial charge in [-0.1, -0.05) is 29.8 Å². The standard InChI is InChI=1S/C22H18ClN3O5S/c1-25-18-12-17(24-32(29,30)16-10-8-14(23)9-11-16)20(31-15-6-4-3-5-7-15)13-19(18)26(2)22(28)21(25)27/h3-13,24H,1-2H3. The van der Waals surface area contributed by atoms with E-state index in [-0.39, 0.29) is 16.3 Å². The van der Waals surface area contributed by atoms with Gasteiger partial charge >= 0.3 is 11.1 Å². The molecule has 0 fully saturated rings. The molecule has 0 atom stereocenters. The zero-order valence-electron chi connectivity index (χ0n) is 17.1. The fourth-order valence-electron chi connectivity index (χ4n) is 3.20. The molecule has 1 heterocycles. The van der Waals surface area contributed by atoms with Crippen molar-refractivity contribution in [3.05, 3.63) is 92.5 Å². The van der Waals surface area contributed by atoms with E-state index < -0.39 is 21.1 Å². The number of para-hydroxylation sites is 1. The van der Waals surface area contributed by atoms with E-state index >= 15 is 0 Å². The average molecular weight is 472 g/mol. The Hall–Kier alpha value is -3.56. The molecule has 0 radical (unpaired) electrons. The fourth-order valence-corrected chi connectivity index (χ4v) is 4.39. The molecular weight excluding hydrogens is 454 g/mol. The normalized spacial score (nSPS) is 11.5. The van der Waals surface area contributed by atoms with Crippen molar-refractivity contribution in [2.24, 2.45) is 14.1 Å². The van der Waals surface area contributed by atoms with Crippen molar-refractivity contribution in [1.29, 1.82) is 0 Å². The van der Waals surface area contributed by atoms with Crippen molar-refractivity contribution in [2.45, 2.75) is 4.90 Å². The number of anilines is 1. The summed E-state index contributed by atoms with van der Waals surface area (Å²) in [5.41, 5.74) is -0.586. The zero-order chi connectivity index (χ0) is 23.0. The number of fused-ring (bicyclic) bond motifs is 1. The summed E-state index contributed by atoms with van der Waals surface area (Å²) in [6.07, 6.45) is 0. The number of nitrogens with zero attached hydrogens (tertiary/aromatic N) is 2. The van der Waals surface area contributed by atoms with E-state index in [4.69, 9.17) is 16.3 Å². The maximum atomic E-state index is 13.0. The van der Waals surface area contributed by atoms with Crippen LogP contribution < -0.4 is 20.6 Å².